The molecule has 3 aromatic rings. The molecule has 7 heteroatoms. The number of carbonyl (C=O) groups is 3. The molecule has 0 N–H and O–H groups in total. The van der Waals surface area contributed by atoms with Gasteiger partial charge in [0.05, 0.1) is 12.5 Å². The number of ketones is 2. The predicted octanol–water partition coefficient (Wildman–Crippen LogP) is 4.56. The van der Waals surface area contributed by atoms with Crippen LogP contribution in [0.1, 0.15) is 35.3 Å². The molecule has 36 heavy (non-hydrogen) atoms. The Morgan fingerprint density at radius 2 is 1.47 bits per heavy atom. The van der Waals surface area contributed by atoms with Gasteiger partial charge in [-0.1, -0.05) is 60.7 Å². The molecule has 1 saturated heterocycles. The van der Waals surface area contributed by atoms with Crippen molar-refractivity contribution in [1.29, 1.82) is 0 Å². The fraction of sp³-hybridized carbons (Fsp3) is 0.276. The molecule has 0 saturated carbocycles. The topological polar surface area (TPSA) is 88.1 Å². The molecule has 0 spiro atoms. The molecule has 7 nitrogen and oxygen atoms in total. The first-order valence-corrected chi connectivity index (χ1v) is 11.7. The van der Waals surface area contributed by atoms with Gasteiger partial charge in [-0.05, 0) is 43.2 Å². The summed E-state index contributed by atoms with van der Waals surface area (Å²) < 4.78 is 23.3. The normalized spacial score (nSPS) is 18.7. The molecule has 2 unspecified atom stereocenters. The minimum Gasteiger partial charge on any atom is -0.485 e. The first-order chi connectivity index (χ1) is 17.4. The average molecular weight is 489 g/mol. The van der Waals surface area contributed by atoms with Crippen LogP contribution in [0.5, 0.6) is 11.5 Å². The van der Waals surface area contributed by atoms with Gasteiger partial charge in [0.25, 0.3) is 0 Å². The fourth-order valence-corrected chi connectivity index (χ4v) is 3.91. The zero-order chi connectivity index (χ0) is 25.5. The Morgan fingerprint density at radius 1 is 0.889 bits per heavy atom. The van der Waals surface area contributed by atoms with Gasteiger partial charge in [-0.3, -0.25) is 14.4 Å². The second-order valence-electron chi connectivity index (χ2n) is 8.95. The summed E-state index contributed by atoms with van der Waals surface area (Å²) in [6, 6.07) is 24.2. The van der Waals surface area contributed by atoms with Crippen LogP contribution < -0.4 is 9.47 Å². The Bertz CT molecular complexity index is 1200. The Labute approximate surface area is 209 Å². The number of Topliss-reactive ketones (excluding diaryl/α,β-unsaturated/α-hetero) is 2. The Balaban J connectivity index is 1.59. The van der Waals surface area contributed by atoms with Crippen LogP contribution in [0.4, 0.5) is 0 Å². The minimum atomic E-state index is -1.22. The van der Waals surface area contributed by atoms with Gasteiger partial charge in [-0.25, -0.2) is 0 Å². The van der Waals surface area contributed by atoms with Crippen molar-refractivity contribution in [2.24, 2.45) is 5.92 Å². The molecular formula is C29H28O7. The monoisotopic (exact) mass is 488 g/mol. The molecular weight excluding hydrogens is 460 g/mol. The maximum Gasteiger partial charge on any atom is 0.224 e. The molecule has 3 aromatic carbocycles. The fourth-order valence-electron chi connectivity index (χ4n) is 3.91. The molecule has 0 aliphatic carbocycles. The molecule has 1 aliphatic rings. The summed E-state index contributed by atoms with van der Waals surface area (Å²) in [7, 11) is 0. The average Bonchev–Trinajstić information content (AvgIpc) is 2.90. The standard InChI is InChI=1S/C29H28O7/c1-29(2)35-19-23(28(36-29)24(31)16-30)27(32)22-13-14-25(33-17-20-9-5-3-6-10-20)26(15-22)34-18-21-11-7-4-8-12-21/h3-16,23,28H,17-19H2,1-2H3. The van der Waals surface area contributed by atoms with Crippen molar-refractivity contribution in [3.05, 3.63) is 95.6 Å². The van der Waals surface area contributed by atoms with Crippen LogP contribution in [-0.2, 0) is 32.3 Å². The van der Waals surface area contributed by atoms with Crippen LogP contribution in [0.25, 0.3) is 0 Å². The van der Waals surface area contributed by atoms with Gasteiger partial charge < -0.3 is 18.9 Å². The van der Waals surface area contributed by atoms with E-state index in [0.29, 0.717) is 23.7 Å². The maximum atomic E-state index is 13.4. The second kappa shape index (κ2) is 11.3. The molecule has 0 bridgehead atoms. The van der Waals surface area contributed by atoms with E-state index in [-0.39, 0.29) is 25.3 Å². The van der Waals surface area contributed by atoms with Crippen LogP contribution >= 0.6 is 0 Å². The van der Waals surface area contributed by atoms with E-state index in [0.717, 1.165) is 11.1 Å². The molecule has 0 radical (unpaired) electrons. The van der Waals surface area contributed by atoms with Gasteiger partial charge in [0.2, 0.25) is 5.78 Å². The molecule has 1 heterocycles. The first-order valence-electron chi connectivity index (χ1n) is 11.7. The predicted molar refractivity (Wildman–Crippen MR) is 132 cm³/mol. The number of aldehydes is 1. The van der Waals surface area contributed by atoms with Crippen molar-refractivity contribution in [3.63, 3.8) is 0 Å². The van der Waals surface area contributed by atoms with Gasteiger partial charge >= 0.3 is 0 Å². The quantitative estimate of drug-likeness (QED) is 0.235. The number of ether oxygens (including phenoxy) is 4. The number of rotatable bonds is 10. The summed E-state index contributed by atoms with van der Waals surface area (Å²) in [6.45, 7) is 3.81. The van der Waals surface area contributed by atoms with Crippen molar-refractivity contribution < 1.29 is 33.3 Å². The number of hydrogen-bond donors (Lipinski definition) is 0. The lowest BCUT2D eigenvalue weighted by Gasteiger charge is -2.39. The van der Waals surface area contributed by atoms with Crippen LogP contribution in [0, 0.1) is 5.92 Å². The molecule has 1 aliphatic heterocycles. The van der Waals surface area contributed by atoms with Crippen molar-refractivity contribution in [2.75, 3.05) is 6.61 Å². The number of carbonyl (C=O) groups excluding carboxylic acids is 3. The van der Waals surface area contributed by atoms with Crippen LogP contribution in [-0.4, -0.2) is 36.4 Å². The third kappa shape index (κ3) is 6.24. The SMILES string of the molecule is CC1(C)OCC(C(=O)c2ccc(OCc3ccccc3)c(OCc3ccccc3)c2)C(C(=O)C=O)O1. The molecule has 1 fully saturated rings. The van der Waals surface area contributed by atoms with E-state index in [1.807, 2.05) is 60.7 Å². The lowest BCUT2D eigenvalue weighted by atomic mass is 9.89. The number of benzene rings is 3. The zero-order valence-electron chi connectivity index (χ0n) is 20.2. The van der Waals surface area contributed by atoms with Gasteiger partial charge in [0.1, 0.15) is 19.3 Å². The third-order valence-corrected chi connectivity index (χ3v) is 5.82. The van der Waals surface area contributed by atoms with E-state index in [2.05, 4.69) is 0 Å². The molecule has 4 rings (SSSR count). The maximum absolute atomic E-state index is 13.4. The Kier molecular flexibility index (Phi) is 7.93. The highest BCUT2D eigenvalue weighted by atomic mass is 16.7. The van der Waals surface area contributed by atoms with Gasteiger partial charge in [0, 0.05) is 5.56 Å². The van der Waals surface area contributed by atoms with Crippen molar-refractivity contribution in [1.82, 2.24) is 0 Å². The Morgan fingerprint density at radius 3 is 2.06 bits per heavy atom. The number of hydrogen-bond acceptors (Lipinski definition) is 7. The van der Waals surface area contributed by atoms with Crippen LogP contribution in [0.3, 0.4) is 0 Å². The van der Waals surface area contributed by atoms with Crippen LogP contribution in [0.2, 0.25) is 0 Å². The largest absolute Gasteiger partial charge is 0.485 e. The summed E-state index contributed by atoms with van der Waals surface area (Å²) in [6.07, 6.45) is -1.04. The molecule has 2 atom stereocenters. The molecule has 0 amide bonds. The minimum absolute atomic E-state index is 0.0530. The lowest BCUT2D eigenvalue weighted by Crippen LogP contribution is -2.52. The highest BCUT2D eigenvalue weighted by Gasteiger charge is 2.44. The van der Waals surface area contributed by atoms with E-state index >= 15 is 0 Å². The highest BCUT2D eigenvalue weighted by Crippen LogP contribution is 2.34. The van der Waals surface area contributed by atoms with E-state index < -0.39 is 23.6 Å². The molecule has 186 valence electrons. The van der Waals surface area contributed by atoms with Crippen molar-refractivity contribution in [3.8, 4) is 11.5 Å². The molecule has 0 aromatic heterocycles. The van der Waals surface area contributed by atoms with Gasteiger partial charge in [-0.2, -0.15) is 0 Å². The van der Waals surface area contributed by atoms with Gasteiger partial charge in [-0.15, -0.1) is 0 Å². The summed E-state index contributed by atoms with van der Waals surface area (Å²) in [5.41, 5.74) is 2.24. The first kappa shape index (κ1) is 25.3. The second-order valence-corrected chi connectivity index (χ2v) is 8.95. The van der Waals surface area contributed by atoms with E-state index in [1.165, 1.54) is 0 Å². The van der Waals surface area contributed by atoms with E-state index in [4.69, 9.17) is 18.9 Å². The van der Waals surface area contributed by atoms with Gasteiger partial charge in [0.15, 0.2) is 29.4 Å². The summed E-state index contributed by atoms with van der Waals surface area (Å²) in [5.74, 6) is -2.37. The summed E-state index contributed by atoms with van der Waals surface area (Å²) in [5, 5.41) is 0. The smallest absolute Gasteiger partial charge is 0.224 e. The Hall–Kier alpha value is -3.81. The van der Waals surface area contributed by atoms with E-state index in [9.17, 15) is 14.4 Å². The lowest BCUT2D eigenvalue weighted by molar-refractivity contribution is -0.277. The summed E-state index contributed by atoms with van der Waals surface area (Å²) >= 11 is 0. The third-order valence-electron chi connectivity index (χ3n) is 5.82. The zero-order valence-corrected chi connectivity index (χ0v) is 20.2. The summed E-state index contributed by atoms with van der Waals surface area (Å²) in [4.78, 5) is 36.9. The van der Waals surface area contributed by atoms with E-state index in [1.54, 1.807) is 32.0 Å². The highest BCUT2D eigenvalue weighted by molar-refractivity contribution is 6.28. The van der Waals surface area contributed by atoms with Crippen molar-refractivity contribution in [2.45, 2.75) is 39.0 Å². The van der Waals surface area contributed by atoms with Crippen molar-refractivity contribution >= 4 is 17.9 Å². The van der Waals surface area contributed by atoms with Crippen LogP contribution in [0.15, 0.2) is 78.9 Å².